The Morgan fingerprint density at radius 1 is 1.12 bits per heavy atom. The van der Waals surface area contributed by atoms with E-state index in [-0.39, 0.29) is 17.2 Å². The molecule has 0 unspecified atom stereocenters. The van der Waals surface area contributed by atoms with E-state index in [9.17, 15) is 26.4 Å². The van der Waals surface area contributed by atoms with Gasteiger partial charge in [0, 0.05) is 18.4 Å². The molecule has 0 atom stereocenters. The molecule has 0 aliphatic carbocycles. The fourth-order valence-corrected chi connectivity index (χ4v) is 4.19. The van der Waals surface area contributed by atoms with E-state index >= 15 is 0 Å². The van der Waals surface area contributed by atoms with E-state index < -0.39 is 39.2 Å². The number of esters is 1. The van der Waals surface area contributed by atoms with Gasteiger partial charge in [0.1, 0.15) is 13.2 Å². The lowest BCUT2D eigenvalue weighted by Gasteiger charge is -2.10. The summed E-state index contributed by atoms with van der Waals surface area (Å²) in [6, 6.07) is 12.6. The lowest BCUT2D eigenvalue weighted by Crippen LogP contribution is -2.21. The summed E-state index contributed by atoms with van der Waals surface area (Å²) in [7, 11) is -1.75. The van der Waals surface area contributed by atoms with Crippen LogP contribution >= 0.6 is 11.6 Å². The van der Waals surface area contributed by atoms with Gasteiger partial charge in [-0.2, -0.15) is 18.3 Å². The number of hydrogen-bond acceptors (Lipinski definition) is 6. The van der Waals surface area contributed by atoms with Gasteiger partial charge >= 0.3 is 12.1 Å². The number of nitrogens with one attached hydrogen (secondary N) is 1. The SMILES string of the molecule is CNCCOC(=O)Cn1nc(C(F)(F)F)c(Cl)c1-c1ccc(-c2cccc(S(C)(=O)=O)c2)cc1. The van der Waals surface area contributed by atoms with E-state index in [0.29, 0.717) is 23.2 Å². The summed E-state index contributed by atoms with van der Waals surface area (Å²) in [6.45, 7) is -0.131. The number of halogens is 4. The van der Waals surface area contributed by atoms with Crippen LogP contribution in [-0.2, 0) is 32.1 Å². The van der Waals surface area contributed by atoms with Gasteiger partial charge in [-0.1, -0.05) is 48.0 Å². The Bertz CT molecular complexity index is 1290. The molecule has 1 N–H and O–H groups in total. The van der Waals surface area contributed by atoms with Crippen molar-refractivity contribution in [3.05, 3.63) is 59.2 Å². The number of carbonyl (C=O) groups excluding carboxylic acids is 1. The van der Waals surface area contributed by atoms with Crippen molar-refractivity contribution in [2.24, 2.45) is 0 Å². The molecule has 0 radical (unpaired) electrons. The van der Waals surface area contributed by atoms with Crippen LogP contribution in [0.15, 0.2) is 53.4 Å². The van der Waals surface area contributed by atoms with E-state index in [2.05, 4.69) is 10.4 Å². The molecule has 0 aliphatic heterocycles. The van der Waals surface area contributed by atoms with Gasteiger partial charge in [0.15, 0.2) is 15.5 Å². The topological polar surface area (TPSA) is 90.3 Å². The third kappa shape index (κ3) is 5.96. The number of likely N-dealkylation sites (N-methyl/N-ethyl adjacent to an activating group) is 1. The third-order valence-corrected chi connectivity index (χ3v) is 6.28. The predicted molar refractivity (Wildman–Crippen MR) is 121 cm³/mol. The van der Waals surface area contributed by atoms with Crippen molar-refractivity contribution in [2.75, 3.05) is 26.5 Å². The van der Waals surface area contributed by atoms with Crippen molar-refractivity contribution < 1.29 is 31.1 Å². The summed E-state index contributed by atoms with van der Waals surface area (Å²) < 4.78 is 69.8. The standard InChI is InChI=1S/C22H21ClF3N3O4S/c1-27-10-11-33-18(30)13-29-20(19(23)21(28-29)22(24,25)26)15-8-6-14(7-9-15)16-4-3-5-17(12-16)34(2,31)32/h3-9,12,27H,10-11,13H2,1-2H3. The highest BCUT2D eigenvalue weighted by molar-refractivity contribution is 7.90. The molecule has 1 aromatic heterocycles. The molecule has 0 amide bonds. The van der Waals surface area contributed by atoms with Gasteiger partial charge < -0.3 is 10.1 Å². The lowest BCUT2D eigenvalue weighted by atomic mass is 10.0. The molecule has 182 valence electrons. The summed E-state index contributed by atoms with van der Waals surface area (Å²) >= 11 is 6.05. The Morgan fingerprint density at radius 3 is 2.35 bits per heavy atom. The number of alkyl halides is 3. The van der Waals surface area contributed by atoms with E-state index in [0.717, 1.165) is 10.9 Å². The molecule has 2 aromatic carbocycles. The normalized spacial score (nSPS) is 12.1. The van der Waals surface area contributed by atoms with Gasteiger partial charge in [-0.15, -0.1) is 0 Å². The minimum Gasteiger partial charge on any atom is -0.463 e. The highest BCUT2D eigenvalue weighted by Crippen LogP contribution is 2.40. The first-order valence-electron chi connectivity index (χ1n) is 9.96. The fraction of sp³-hybridized carbons (Fsp3) is 0.273. The van der Waals surface area contributed by atoms with Crippen LogP contribution in [0.4, 0.5) is 13.2 Å². The van der Waals surface area contributed by atoms with Crippen molar-refractivity contribution in [1.29, 1.82) is 0 Å². The van der Waals surface area contributed by atoms with E-state index in [4.69, 9.17) is 16.3 Å². The Kier molecular flexibility index (Phi) is 7.69. The molecule has 0 saturated heterocycles. The van der Waals surface area contributed by atoms with Gasteiger partial charge in [-0.3, -0.25) is 9.48 Å². The fourth-order valence-electron chi connectivity index (χ4n) is 3.17. The monoisotopic (exact) mass is 515 g/mol. The van der Waals surface area contributed by atoms with Gasteiger partial charge in [-0.05, 0) is 30.3 Å². The minimum atomic E-state index is -4.82. The smallest absolute Gasteiger partial charge is 0.436 e. The highest BCUT2D eigenvalue weighted by atomic mass is 35.5. The van der Waals surface area contributed by atoms with Crippen molar-refractivity contribution in [3.8, 4) is 22.4 Å². The Labute approximate surface area is 199 Å². The quantitative estimate of drug-likeness (QED) is 0.359. The summed E-state index contributed by atoms with van der Waals surface area (Å²) in [5.74, 6) is -0.765. The molecule has 0 spiro atoms. The largest absolute Gasteiger partial charge is 0.463 e. The number of benzene rings is 2. The van der Waals surface area contributed by atoms with Crippen molar-refractivity contribution in [3.63, 3.8) is 0 Å². The molecule has 0 fully saturated rings. The number of ether oxygens (including phenoxy) is 1. The first-order valence-corrected chi connectivity index (χ1v) is 12.2. The maximum Gasteiger partial charge on any atom is 0.436 e. The second kappa shape index (κ2) is 10.2. The van der Waals surface area contributed by atoms with Crippen molar-refractivity contribution >= 4 is 27.4 Å². The van der Waals surface area contributed by atoms with Crippen molar-refractivity contribution in [2.45, 2.75) is 17.6 Å². The van der Waals surface area contributed by atoms with E-state index in [1.54, 1.807) is 31.3 Å². The van der Waals surface area contributed by atoms with Crippen LogP contribution in [0.3, 0.4) is 0 Å². The molecule has 34 heavy (non-hydrogen) atoms. The van der Waals surface area contributed by atoms with Crippen molar-refractivity contribution in [1.82, 2.24) is 15.1 Å². The Morgan fingerprint density at radius 2 is 1.76 bits per heavy atom. The zero-order chi connectivity index (χ0) is 25.1. The second-order valence-electron chi connectivity index (χ2n) is 7.37. The molecule has 1 heterocycles. The number of nitrogens with zero attached hydrogens (tertiary/aromatic N) is 2. The zero-order valence-electron chi connectivity index (χ0n) is 18.2. The number of rotatable bonds is 8. The average molecular weight is 516 g/mol. The first-order chi connectivity index (χ1) is 15.9. The molecule has 0 saturated carbocycles. The molecule has 0 aliphatic rings. The van der Waals surface area contributed by atoms with Crippen LogP contribution in [-0.4, -0.2) is 50.6 Å². The first kappa shape index (κ1) is 25.7. The molecule has 3 rings (SSSR count). The van der Waals surface area contributed by atoms with Crippen LogP contribution in [0.5, 0.6) is 0 Å². The maximum absolute atomic E-state index is 13.4. The van der Waals surface area contributed by atoms with E-state index in [1.165, 1.54) is 24.3 Å². The Balaban J connectivity index is 1.98. The van der Waals surface area contributed by atoms with Crippen LogP contribution in [0.1, 0.15) is 5.69 Å². The average Bonchev–Trinajstić information content (AvgIpc) is 3.09. The van der Waals surface area contributed by atoms with Crippen LogP contribution < -0.4 is 5.32 Å². The highest BCUT2D eigenvalue weighted by Gasteiger charge is 2.39. The molecule has 3 aromatic rings. The molecule has 0 bridgehead atoms. The third-order valence-electron chi connectivity index (χ3n) is 4.81. The van der Waals surface area contributed by atoms with Crippen LogP contribution in [0.25, 0.3) is 22.4 Å². The van der Waals surface area contributed by atoms with Gasteiger partial charge in [0.25, 0.3) is 0 Å². The van der Waals surface area contributed by atoms with Crippen LogP contribution in [0, 0.1) is 0 Å². The predicted octanol–water partition coefficient (Wildman–Crippen LogP) is 4.06. The summed E-state index contributed by atoms with van der Waals surface area (Å²) in [5, 5.41) is 5.67. The number of aromatic nitrogens is 2. The summed E-state index contributed by atoms with van der Waals surface area (Å²) in [4.78, 5) is 12.2. The van der Waals surface area contributed by atoms with E-state index in [1.807, 2.05) is 0 Å². The number of sulfone groups is 1. The second-order valence-corrected chi connectivity index (χ2v) is 9.76. The molecular formula is C22H21ClF3N3O4S. The minimum absolute atomic E-state index is 0.0486. The van der Waals surface area contributed by atoms with Gasteiger partial charge in [-0.25, -0.2) is 8.42 Å². The molecule has 7 nitrogen and oxygen atoms in total. The summed E-state index contributed by atoms with van der Waals surface area (Å²) in [5.41, 5.74) is 0.143. The summed E-state index contributed by atoms with van der Waals surface area (Å²) in [6.07, 6.45) is -3.72. The molecular weight excluding hydrogens is 495 g/mol. The maximum atomic E-state index is 13.4. The zero-order valence-corrected chi connectivity index (χ0v) is 19.8. The van der Waals surface area contributed by atoms with Crippen LogP contribution in [0.2, 0.25) is 5.02 Å². The lowest BCUT2D eigenvalue weighted by molar-refractivity contribution is -0.146. The number of carbonyl (C=O) groups is 1. The van der Waals surface area contributed by atoms with Gasteiger partial charge in [0.05, 0.1) is 15.6 Å². The Hall–Kier alpha value is -2.89. The van der Waals surface area contributed by atoms with Gasteiger partial charge in [0.2, 0.25) is 0 Å². The molecule has 12 heteroatoms. The number of hydrogen-bond donors (Lipinski definition) is 1.